The Kier molecular flexibility index (Phi) is 6.38. The van der Waals surface area contributed by atoms with Gasteiger partial charge in [0.1, 0.15) is 12.4 Å². The smallest absolute Gasteiger partial charge is 0.414 e. The van der Waals surface area contributed by atoms with Crippen LogP contribution in [0.25, 0.3) is 5.57 Å². The highest BCUT2D eigenvalue weighted by Crippen LogP contribution is 2.38. The average Bonchev–Trinajstić information content (AvgIpc) is 3.35. The fourth-order valence-electron chi connectivity index (χ4n) is 4.33. The van der Waals surface area contributed by atoms with Gasteiger partial charge in [0.2, 0.25) is 5.91 Å². The topological polar surface area (TPSA) is 98.4 Å². The summed E-state index contributed by atoms with van der Waals surface area (Å²) in [6, 6.07) is 5.72. The minimum Gasteiger partial charge on any atom is -0.446 e. The molecule has 2 unspecified atom stereocenters. The Bertz CT molecular complexity index is 920. The van der Waals surface area contributed by atoms with E-state index < -0.39 is 6.09 Å². The van der Waals surface area contributed by atoms with Crippen LogP contribution in [0.15, 0.2) is 24.4 Å². The molecule has 4 rings (SSSR count). The van der Waals surface area contributed by atoms with Crippen LogP contribution >= 0.6 is 0 Å². The Balaban J connectivity index is 1.61. The number of carbonyl (C=O) groups excluding carboxylic acids is 2. The van der Waals surface area contributed by atoms with E-state index in [1.807, 2.05) is 50.9 Å². The first-order chi connectivity index (χ1) is 15.2. The Hall–Kier alpha value is -2.66. The molecule has 3 heterocycles. The van der Waals surface area contributed by atoms with Gasteiger partial charge in [-0.3, -0.25) is 19.8 Å². The van der Waals surface area contributed by atoms with Crippen LogP contribution < -0.4 is 26.0 Å². The number of carbonyl (C=O) groups is 2. The van der Waals surface area contributed by atoms with E-state index in [9.17, 15) is 9.59 Å². The molecule has 1 aromatic rings. The minimum atomic E-state index is -0.402. The molecular formula is C22H32N6O4. The number of hydrazine groups is 1. The average molecular weight is 445 g/mol. The van der Waals surface area contributed by atoms with Gasteiger partial charge in [-0.15, -0.1) is 0 Å². The standard InChI is InChI=1S/C22H32N6O4/c1-13(2)31-22(30)27-10-14(3)28(16(5)29)19-7-6-17(8-20(19)27)18-9-23-26(11-18)12-21-24-15(4)32-25-21/h6-8,11,13-15,21,23-25H,9-10,12H2,1-5H3/t14-,15?,21?/m0/s1. The van der Waals surface area contributed by atoms with Crippen LogP contribution in [0.4, 0.5) is 16.2 Å². The van der Waals surface area contributed by atoms with Gasteiger partial charge in [0.15, 0.2) is 0 Å². The maximum atomic E-state index is 12.8. The van der Waals surface area contributed by atoms with Crippen molar-refractivity contribution >= 4 is 28.9 Å². The lowest BCUT2D eigenvalue weighted by Crippen LogP contribution is -2.51. The van der Waals surface area contributed by atoms with E-state index in [4.69, 9.17) is 9.57 Å². The van der Waals surface area contributed by atoms with Crippen LogP contribution in [0.3, 0.4) is 0 Å². The van der Waals surface area contributed by atoms with Gasteiger partial charge in [-0.25, -0.2) is 10.2 Å². The summed E-state index contributed by atoms with van der Waals surface area (Å²) in [7, 11) is 0. The molecular weight excluding hydrogens is 412 g/mol. The number of anilines is 2. The van der Waals surface area contributed by atoms with Crippen LogP contribution in [0.2, 0.25) is 0 Å². The van der Waals surface area contributed by atoms with Gasteiger partial charge >= 0.3 is 6.09 Å². The van der Waals surface area contributed by atoms with E-state index in [-0.39, 0.29) is 30.4 Å². The van der Waals surface area contributed by atoms with Gasteiger partial charge in [0.05, 0.1) is 30.1 Å². The quantitative estimate of drug-likeness (QED) is 0.646. The first-order valence-electron chi connectivity index (χ1n) is 11.0. The van der Waals surface area contributed by atoms with Crippen molar-refractivity contribution in [3.8, 4) is 0 Å². The Morgan fingerprint density at radius 2 is 2.03 bits per heavy atom. The van der Waals surface area contributed by atoms with Gasteiger partial charge in [0, 0.05) is 26.2 Å². The number of rotatable bonds is 4. The monoisotopic (exact) mass is 444 g/mol. The maximum absolute atomic E-state index is 12.8. The van der Waals surface area contributed by atoms with Crippen molar-refractivity contribution in [2.24, 2.45) is 0 Å². The van der Waals surface area contributed by atoms with Gasteiger partial charge < -0.3 is 14.6 Å². The summed E-state index contributed by atoms with van der Waals surface area (Å²) in [6.07, 6.45) is 1.41. The van der Waals surface area contributed by atoms with Crippen LogP contribution in [-0.2, 0) is 14.4 Å². The molecule has 0 aromatic heterocycles. The second-order valence-electron chi connectivity index (χ2n) is 8.72. The minimum absolute atomic E-state index is 0.0172. The predicted molar refractivity (Wildman–Crippen MR) is 121 cm³/mol. The van der Waals surface area contributed by atoms with E-state index in [1.165, 1.54) is 0 Å². The van der Waals surface area contributed by atoms with Gasteiger partial charge in [-0.05, 0) is 51.0 Å². The summed E-state index contributed by atoms with van der Waals surface area (Å²) in [4.78, 5) is 33.9. The zero-order valence-electron chi connectivity index (χ0n) is 19.2. The van der Waals surface area contributed by atoms with Gasteiger partial charge in [0.25, 0.3) is 0 Å². The molecule has 32 heavy (non-hydrogen) atoms. The lowest BCUT2D eigenvalue weighted by Gasteiger charge is -2.40. The fraction of sp³-hybridized carbons (Fsp3) is 0.545. The molecule has 10 heteroatoms. The highest BCUT2D eigenvalue weighted by atomic mass is 16.7. The van der Waals surface area contributed by atoms with Crippen LogP contribution in [0.5, 0.6) is 0 Å². The van der Waals surface area contributed by atoms with Crippen molar-refractivity contribution in [2.45, 2.75) is 59.2 Å². The maximum Gasteiger partial charge on any atom is 0.414 e. The summed E-state index contributed by atoms with van der Waals surface area (Å²) < 4.78 is 5.48. The number of hydrogen-bond acceptors (Lipinski definition) is 8. The van der Waals surface area contributed by atoms with Crippen molar-refractivity contribution in [3.05, 3.63) is 30.0 Å². The molecule has 3 aliphatic rings. The molecule has 3 aliphatic heterocycles. The largest absolute Gasteiger partial charge is 0.446 e. The summed E-state index contributed by atoms with van der Waals surface area (Å²) in [5.41, 5.74) is 9.79. The molecule has 0 spiro atoms. The molecule has 1 aromatic carbocycles. The number of hydroxylamine groups is 1. The number of nitrogens with one attached hydrogen (secondary N) is 3. The number of nitrogens with zero attached hydrogens (tertiary/aromatic N) is 3. The predicted octanol–water partition coefficient (Wildman–Crippen LogP) is 1.75. The second-order valence-corrected chi connectivity index (χ2v) is 8.72. The molecule has 0 aliphatic carbocycles. The third kappa shape index (κ3) is 4.58. The van der Waals surface area contributed by atoms with E-state index in [0.29, 0.717) is 25.3 Å². The van der Waals surface area contributed by atoms with Crippen LogP contribution in [-0.4, -0.2) is 61.2 Å². The van der Waals surface area contributed by atoms with Crippen molar-refractivity contribution in [2.75, 3.05) is 29.4 Å². The number of hydrogen-bond donors (Lipinski definition) is 3. The van der Waals surface area contributed by atoms with E-state index in [0.717, 1.165) is 16.8 Å². The first-order valence-corrected chi connectivity index (χ1v) is 11.0. The fourth-order valence-corrected chi connectivity index (χ4v) is 4.33. The first kappa shape index (κ1) is 22.5. The number of benzene rings is 1. The molecule has 0 radical (unpaired) electrons. The van der Waals surface area contributed by atoms with E-state index in [2.05, 4.69) is 22.4 Å². The highest BCUT2D eigenvalue weighted by molar-refractivity contribution is 6.02. The molecule has 3 N–H and O–H groups in total. The SMILES string of the molecule is CC(=O)N1c2ccc(C3=CN(CC4NOC(C)N4)NC3)cc2N(C(=O)OC(C)C)C[C@@H]1C. The summed E-state index contributed by atoms with van der Waals surface area (Å²) in [6.45, 7) is 10.8. The molecule has 1 fully saturated rings. The summed E-state index contributed by atoms with van der Waals surface area (Å²) in [5.74, 6) is -0.0516. The number of fused-ring (bicyclic) bond motifs is 1. The third-order valence-corrected chi connectivity index (χ3v) is 5.67. The lowest BCUT2D eigenvalue weighted by molar-refractivity contribution is -0.117. The molecule has 0 bridgehead atoms. The normalized spacial score (nSPS) is 25.2. The zero-order valence-corrected chi connectivity index (χ0v) is 19.2. The van der Waals surface area contributed by atoms with E-state index in [1.54, 1.807) is 16.7 Å². The summed E-state index contributed by atoms with van der Waals surface area (Å²) >= 11 is 0. The van der Waals surface area contributed by atoms with E-state index >= 15 is 0 Å². The van der Waals surface area contributed by atoms with Crippen molar-refractivity contribution in [3.63, 3.8) is 0 Å². The lowest BCUT2D eigenvalue weighted by atomic mass is 10.0. The third-order valence-electron chi connectivity index (χ3n) is 5.67. The van der Waals surface area contributed by atoms with Gasteiger partial charge in [-0.2, -0.15) is 5.48 Å². The van der Waals surface area contributed by atoms with Crippen molar-refractivity contribution in [1.82, 2.24) is 21.2 Å². The zero-order chi connectivity index (χ0) is 23.0. The Labute approximate surface area is 188 Å². The van der Waals surface area contributed by atoms with Crippen molar-refractivity contribution < 1.29 is 19.2 Å². The number of amides is 2. The van der Waals surface area contributed by atoms with Crippen LogP contribution in [0.1, 0.15) is 40.2 Å². The van der Waals surface area contributed by atoms with Crippen molar-refractivity contribution in [1.29, 1.82) is 0 Å². The molecule has 2 amide bonds. The molecule has 0 saturated carbocycles. The number of ether oxygens (including phenoxy) is 1. The second kappa shape index (κ2) is 9.07. The highest BCUT2D eigenvalue weighted by Gasteiger charge is 2.35. The Morgan fingerprint density at radius 1 is 1.25 bits per heavy atom. The molecule has 1 saturated heterocycles. The molecule has 3 atom stereocenters. The Morgan fingerprint density at radius 3 is 2.69 bits per heavy atom. The summed E-state index contributed by atoms with van der Waals surface area (Å²) in [5, 5.41) is 5.30. The molecule has 10 nitrogen and oxygen atoms in total. The van der Waals surface area contributed by atoms with Gasteiger partial charge in [-0.1, -0.05) is 6.07 Å². The van der Waals surface area contributed by atoms with Crippen LogP contribution in [0, 0.1) is 0 Å². The molecule has 174 valence electrons.